The van der Waals surface area contributed by atoms with E-state index in [0.717, 1.165) is 22.2 Å². The number of rotatable bonds is 8. The summed E-state index contributed by atoms with van der Waals surface area (Å²) in [5, 5.41) is 10.6. The molecular formula is C23H23N3O5. The fourth-order valence-electron chi connectivity index (χ4n) is 3.48. The third-order valence-electron chi connectivity index (χ3n) is 5.04. The number of aliphatic carboxylic acids is 1. The summed E-state index contributed by atoms with van der Waals surface area (Å²) in [4.78, 5) is 22.7. The minimum atomic E-state index is -0.855. The molecular weight excluding hydrogens is 398 g/mol. The summed E-state index contributed by atoms with van der Waals surface area (Å²) in [7, 11) is 1.54. The second-order valence-corrected chi connectivity index (χ2v) is 7.25. The van der Waals surface area contributed by atoms with Crippen LogP contribution in [0.4, 0.5) is 0 Å². The lowest BCUT2D eigenvalue weighted by molar-refractivity contribution is -0.137. The smallest absolute Gasteiger partial charge is 0.303 e. The molecule has 2 heterocycles. The molecule has 0 aliphatic carbocycles. The van der Waals surface area contributed by atoms with E-state index in [2.05, 4.69) is 21.0 Å². The van der Waals surface area contributed by atoms with Crippen molar-refractivity contribution in [2.75, 3.05) is 13.7 Å². The van der Waals surface area contributed by atoms with Gasteiger partial charge in [0.1, 0.15) is 12.1 Å². The number of aromatic amines is 1. The molecule has 2 aromatic carbocycles. The SMILES string of the molecule is COc1cc2c(Oc3ccc4[nH]c(C)cc4c3C)ncnc2cc1OCCCC(=O)O. The number of carbonyl (C=O) groups is 1. The Morgan fingerprint density at radius 1 is 1.06 bits per heavy atom. The number of methoxy groups -OCH3 is 1. The Kier molecular flexibility index (Phi) is 5.62. The fourth-order valence-corrected chi connectivity index (χ4v) is 3.48. The van der Waals surface area contributed by atoms with E-state index in [0.29, 0.717) is 40.5 Å². The molecule has 0 radical (unpaired) electrons. The molecule has 4 rings (SSSR count). The van der Waals surface area contributed by atoms with Crippen LogP contribution in [0, 0.1) is 13.8 Å². The Balaban J connectivity index is 1.66. The first-order valence-electron chi connectivity index (χ1n) is 9.90. The summed E-state index contributed by atoms with van der Waals surface area (Å²) in [5.74, 6) is 1.25. The van der Waals surface area contributed by atoms with Crippen molar-refractivity contribution < 1.29 is 24.1 Å². The summed E-state index contributed by atoms with van der Waals surface area (Å²) >= 11 is 0. The summed E-state index contributed by atoms with van der Waals surface area (Å²) in [5.41, 5.74) is 3.79. The summed E-state index contributed by atoms with van der Waals surface area (Å²) < 4.78 is 17.4. The van der Waals surface area contributed by atoms with Crippen molar-refractivity contribution in [2.24, 2.45) is 0 Å². The van der Waals surface area contributed by atoms with Crippen LogP contribution < -0.4 is 14.2 Å². The number of carboxylic acid groups (broad SMARTS) is 1. The molecule has 0 amide bonds. The van der Waals surface area contributed by atoms with Crippen molar-refractivity contribution in [1.29, 1.82) is 0 Å². The molecule has 160 valence electrons. The van der Waals surface area contributed by atoms with Gasteiger partial charge in [-0.05, 0) is 44.5 Å². The third-order valence-corrected chi connectivity index (χ3v) is 5.04. The van der Waals surface area contributed by atoms with Gasteiger partial charge in [-0.1, -0.05) is 0 Å². The fraction of sp³-hybridized carbons (Fsp3) is 0.261. The number of nitrogens with zero attached hydrogens (tertiary/aromatic N) is 2. The van der Waals surface area contributed by atoms with Crippen LogP contribution in [0.2, 0.25) is 0 Å². The van der Waals surface area contributed by atoms with E-state index < -0.39 is 5.97 Å². The minimum absolute atomic E-state index is 0.0421. The minimum Gasteiger partial charge on any atom is -0.493 e. The maximum absolute atomic E-state index is 10.7. The lowest BCUT2D eigenvalue weighted by atomic mass is 10.1. The molecule has 0 bridgehead atoms. The third kappa shape index (κ3) is 4.23. The maximum Gasteiger partial charge on any atom is 0.303 e. The Morgan fingerprint density at radius 3 is 2.68 bits per heavy atom. The number of ether oxygens (including phenoxy) is 3. The monoisotopic (exact) mass is 421 g/mol. The molecule has 0 spiro atoms. The van der Waals surface area contributed by atoms with E-state index >= 15 is 0 Å². The van der Waals surface area contributed by atoms with Crippen LogP contribution >= 0.6 is 0 Å². The number of benzene rings is 2. The first kappa shape index (κ1) is 20.5. The van der Waals surface area contributed by atoms with Gasteiger partial charge in [-0.25, -0.2) is 9.97 Å². The Labute approximate surface area is 178 Å². The van der Waals surface area contributed by atoms with Crippen LogP contribution in [0.15, 0.2) is 36.7 Å². The highest BCUT2D eigenvalue weighted by Crippen LogP contribution is 2.37. The van der Waals surface area contributed by atoms with Crippen LogP contribution in [0.3, 0.4) is 0 Å². The van der Waals surface area contributed by atoms with Gasteiger partial charge in [-0.3, -0.25) is 4.79 Å². The Morgan fingerprint density at radius 2 is 1.90 bits per heavy atom. The number of carboxylic acids is 1. The van der Waals surface area contributed by atoms with E-state index in [-0.39, 0.29) is 13.0 Å². The largest absolute Gasteiger partial charge is 0.493 e. The van der Waals surface area contributed by atoms with Gasteiger partial charge in [0.05, 0.1) is 24.6 Å². The first-order valence-corrected chi connectivity index (χ1v) is 9.90. The normalized spacial score (nSPS) is 11.1. The maximum atomic E-state index is 10.7. The zero-order valence-electron chi connectivity index (χ0n) is 17.6. The zero-order chi connectivity index (χ0) is 22.0. The molecule has 8 nitrogen and oxygen atoms in total. The molecule has 8 heteroatoms. The van der Waals surface area contributed by atoms with Crippen molar-refractivity contribution in [1.82, 2.24) is 15.0 Å². The average molecular weight is 421 g/mol. The molecule has 0 saturated carbocycles. The second-order valence-electron chi connectivity index (χ2n) is 7.25. The lowest BCUT2D eigenvalue weighted by Gasteiger charge is -2.14. The summed E-state index contributed by atoms with van der Waals surface area (Å²) in [6.07, 6.45) is 1.88. The molecule has 0 unspecified atom stereocenters. The van der Waals surface area contributed by atoms with Gasteiger partial charge in [0.25, 0.3) is 0 Å². The van der Waals surface area contributed by atoms with Gasteiger partial charge in [0.15, 0.2) is 11.5 Å². The standard InChI is InChI=1S/C23H23N3O5/c1-13-9-15-14(2)19(7-6-17(15)26-13)31-23-16-10-20(29-3)21(11-18(16)24-12-25-23)30-8-4-5-22(27)28/h6-7,9-12,26H,4-5,8H2,1-3H3,(H,27,28). The predicted octanol–water partition coefficient (Wildman–Crippen LogP) is 4.77. The molecule has 0 atom stereocenters. The molecule has 2 N–H and O–H groups in total. The van der Waals surface area contributed by atoms with E-state index in [4.69, 9.17) is 19.3 Å². The number of H-pyrrole nitrogens is 1. The van der Waals surface area contributed by atoms with Crippen LogP contribution in [-0.2, 0) is 4.79 Å². The molecule has 2 aromatic heterocycles. The highest BCUT2D eigenvalue weighted by Gasteiger charge is 2.15. The van der Waals surface area contributed by atoms with Gasteiger partial charge in [0.2, 0.25) is 5.88 Å². The number of nitrogens with one attached hydrogen (secondary N) is 1. The molecule has 31 heavy (non-hydrogen) atoms. The van der Waals surface area contributed by atoms with E-state index in [1.54, 1.807) is 19.2 Å². The van der Waals surface area contributed by atoms with E-state index in [9.17, 15) is 4.79 Å². The van der Waals surface area contributed by atoms with Gasteiger partial charge >= 0.3 is 5.97 Å². The second kappa shape index (κ2) is 8.51. The summed E-state index contributed by atoms with van der Waals surface area (Å²) in [6, 6.07) is 9.50. The molecule has 4 aromatic rings. The zero-order valence-corrected chi connectivity index (χ0v) is 17.6. The van der Waals surface area contributed by atoms with Crippen molar-refractivity contribution in [2.45, 2.75) is 26.7 Å². The molecule has 0 fully saturated rings. The van der Waals surface area contributed by atoms with Gasteiger partial charge in [0, 0.05) is 34.6 Å². The van der Waals surface area contributed by atoms with Crippen LogP contribution in [0.1, 0.15) is 24.1 Å². The van der Waals surface area contributed by atoms with Gasteiger partial charge in [-0.2, -0.15) is 0 Å². The quantitative estimate of drug-likeness (QED) is 0.395. The molecule has 0 aliphatic heterocycles. The molecule has 0 aliphatic rings. The average Bonchev–Trinajstić information content (AvgIpc) is 3.14. The van der Waals surface area contributed by atoms with Crippen molar-refractivity contribution in [3.05, 3.63) is 47.9 Å². The Hall–Kier alpha value is -3.81. The number of fused-ring (bicyclic) bond motifs is 2. The van der Waals surface area contributed by atoms with Crippen molar-refractivity contribution >= 4 is 27.8 Å². The van der Waals surface area contributed by atoms with Crippen LogP contribution in [0.5, 0.6) is 23.1 Å². The lowest BCUT2D eigenvalue weighted by Crippen LogP contribution is -2.03. The van der Waals surface area contributed by atoms with Crippen LogP contribution in [-0.4, -0.2) is 39.7 Å². The highest BCUT2D eigenvalue weighted by molar-refractivity contribution is 5.88. The molecule has 0 saturated heterocycles. The first-order chi connectivity index (χ1) is 15.0. The number of aryl methyl sites for hydroxylation is 2. The van der Waals surface area contributed by atoms with Crippen molar-refractivity contribution in [3.63, 3.8) is 0 Å². The number of hydrogen-bond acceptors (Lipinski definition) is 6. The predicted molar refractivity (Wildman–Crippen MR) is 116 cm³/mol. The van der Waals surface area contributed by atoms with Gasteiger partial charge < -0.3 is 24.3 Å². The van der Waals surface area contributed by atoms with E-state index in [1.165, 1.54) is 6.33 Å². The van der Waals surface area contributed by atoms with Crippen LogP contribution in [0.25, 0.3) is 21.8 Å². The van der Waals surface area contributed by atoms with Crippen molar-refractivity contribution in [3.8, 4) is 23.1 Å². The summed E-state index contributed by atoms with van der Waals surface area (Å²) in [6.45, 7) is 4.29. The highest BCUT2D eigenvalue weighted by atomic mass is 16.5. The van der Waals surface area contributed by atoms with E-state index in [1.807, 2.05) is 26.0 Å². The Bertz CT molecular complexity index is 1270. The number of hydrogen-bond donors (Lipinski definition) is 2. The van der Waals surface area contributed by atoms with Gasteiger partial charge in [-0.15, -0.1) is 0 Å². The topological polar surface area (TPSA) is 107 Å². The number of aromatic nitrogens is 3.